The first-order valence-corrected chi connectivity index (χ1v) is 13.1. The van der Waals surface area contributed by atoms with Crippen molar-refractivity contribution in [3.8, 4) is 28.3 Å². The van der Waals surface area contributed by atoms with E-state index in [-0.39, 0.29) is 5.56 Å². The van der Waals surface area contributed by atoms with Gasteiger partial charge >= 0.3 is 0 Å². The standard InChI is InChI=1S/C31H21N5OS/c1-20-9-5-8-14-26(20)29-32-31-36(34-29)30(37)27(38-31)18-24-19-35(25-12-3-2-4-13-25)33-28(24)23-16-15-21-10-6-7-11-22(21)17-23/h2-19H,1H3. The lowest BCUT2D eigenvalue weighted by atomic mass is 10.0. The number of hydrogen-bond donors (Lipinski definition) is 0. The molecule has 0 aliphatic heterocycles. The van der Waals surface area contributed by atoms with Crippen LogP contribution in [-0.4, -0.2) is 24.4 Å². The molecule has 0 aliphatic carbocycles. The molecule has 0 amide bonds. The van der Waals surface area contributed by atoms with Gasteiger partial charge in [0.15, 0.2) is 5.82 Å². The highest BCUT2D eigenvalue weighted by molar-refractivity contribution is 7.15. The van der Waals surface area contributed by atoms with Crippen LogP contribution in [0.2, 0.25) is 0 Å². The van der Waals surface area contributed by atoms with Gasteiger partial charge in [-0.05, 0) is 47.5 Å². The number of rotatable bonds is 4. The minimum atomic E-state index is -0.186. The molecule has 38 heavy (non-hydrogen) atoms. The van der Waals surface area contributed by atoms with Crippen molar-refractivity contribution in [2.75, 3.05) is 0 Å². The zero-order valence-corrected chi connectivity index (χ0v) is 21.3. The Kier molecular flexibility index (Phi) is 5.23. The molecule has 6 nitrogen and oxygen atoms in total. The number of fused-ring (bicyclic) bond motifs is 2. The maximum absolute atomic E-state index is 13.4. The maximum atomic E-state index is 13.4. The first kappa shape index (κ1) is 22.3. The van der Waals surface area contributed by atoms with E-state index in [2.05, 4.69) is 40.4 Å². The highest BCUT2D eigenvalue weighted by Gasteiger charge is 2.16. The van der Waals surface area contributed by atoms with Crippen LogP contribution < -0.4 is 10.1 Å². The predicted octanol–water partition coefficient (Wildman–Crippen LogP) is 5.68. The highest BCUT2D eigenvalue weighted by Crippen LogP contribution is 2.28. The van der Waals surface area contributed by atoms with E-state index in [1.165, 1.54) is 21.2 Å². The van der Waals surface area contributed by atoms with E-state index in [0.29, 0.717) is 15.3 Å². The normalized spacial score (nSPS) is 12.1. The number of nitrogens with zero attached hydrogens (tertiary/aromatic N) is 5. The van der Waals surface area contributed by atoms with Crippen LogP contribution in [0.1, 0.15) is 11.1 Å². The van der Waals surface area contributed by atoms with Gasteiger partial charge in [0, 0.05) is 22.9 Å². The molecule has 182 valence electrons. The molecule has 7 rings (SSSR count). The van der Waals surface area contributed by atoms with Crippen molar-refractivity contribution in [3.63, 3.8) is 0 Å². The molecule has 0 spiro atoms. The summed E-state index contributed by atoms with van der Waals surface area (Å²) in [6.07, 6.45) is 3.86. The van der Waals surface area contributed by atoms with E-state index in [4.69, 9.17) is 5.10 Å². The molecule has 0 aliphatic rings. The van der Waals surface area contributed by atoms with Gasteiger partial charge in [-0.25, -0.2) is 4.68 Å². The summed E-state index contributed by atoms with van der Waals surface area (Å²) in [5.74, 6) is 0.562. The Hall–Kier alpha value is -4.88. The number of aryl methyl sites for hydroxylation is 1. The molecule has 7 aromatic rings. The van der Waals surface area contributed by atoms with Crippen LogP contribution in [0.3, 0.4) is 0 Å². The van der Waals surface area contributed by atoms with Crippen molar-refractivity contribution in [2.24, 2.45) is 0 Å². The van der Waals surface area contributed by atoms with Crippen molar-refractivity contribution < 1.29 is 0 Å². The molecule has 3 aromatic heterocycles. The third-order valence-corrected chi connectivity index (χ3v) is 7.60. The number of thiazole rings is 1. The summed E-state index contributed by atoms with van der Waals surface area (Å²) in [7, 11) is 0. The Morgan fingerprint density at radius 2 is 1.58 bits per heavy atom. The first-order valence-electron chi connectivity index (χ1n) is 12.3. The molecule has 4 aromatic carbocycles. The van der Waals surface area contributed by atoms with E-state index in [1.54, 1.807) is 0 Å². The second-order valence-corrected chi connectivity index (χ2v) is 10.1. The van der Waals surface area contributed by atoms with Gasteiger partial charge in [-0.15, -0.1) is 5.10 Å². The largest absolute Gasteiger partial charge is 0.291 e. The molecule has 0 radical (unpaired) electrons. The highest BCUT2D eigenvalue weighted by atomic mass is 32.1. The Balaban J connectivity index is 1.39. The van der Waals surface area contributed by atoms with Crippen LogP contribution in [0.4, 0.5) is 0 Å². The topological polar surface area (TPSA) is 65.1 Å². The lowest BCUT2D eigenvalue weighted by molar-refractivity contribution is 0.884. The quantitative estimate of drug-likeness (QED) is 0.305. The van der Waals surface area contributed by atoms with Gasteiger partial charge < -0.3 is 0 Å². The average Bonchev–Trinajstić information content (AvgIpc) is 3.64. The van der Waals surface area contributed by atoms with Gasteiger partial charge in [0.05, 0.1) is 10.2 Å². The van der Waals surface area contributed by atoms with Crippen molar-refractivity contribution in [2.45, 2.75) is 6.92 Å². The van der Waals surface area contributed by atoms with Gasteiger partial charge in [-0.3, -0.25) is 4.79 Å². The second kappa shape index (κ2) is 8.90. The maximum Gasteiger partial charge on any atom is 0.291 e. The van der Waals surface area contributed by atoms with E-state index in [0.717, 1.165) is 39.0 Å². The van der Waals surface area contributed by atoms with Gasteiger partial charge in [-0.1, -0.05) is 90.2 Å². The fourth-order valence-electron chi connectivity index (χ4n) is 4.68. The molecule has 7 heteroatoms. The number of aromatic nitrogens is 5. The average molecular weight is 512 g/mol. The summed E-state index contributed by atoms with van der Waals surface area (Å²) in [6, 6.07) is 32.5. The number of hydrogen-bond acceptors (Lipinski definition) is 5. The van der Waals surface area contributed by atoms with E-state index in [1.807, 2.05) is 90.6 Å². The van der Waals surface area contributed by atoms with Crippen LogP contribution in [-0.2, 0) is 0 Å². The van der Waals surface area contributed by atoms with Crippen molar-refractivity contribution in [3.05, 3.63) is 129 Å². The lowest BCUT2D eigenvalue weighted by Crippen LogP contribution is -2.23. The summed E-state index contributed by atoms with van der Waals surface area (Å²) < 4.78 is 3.81. The van der Waals surface area contributed by atoms with Crippen LogP contribution in [0.25, 0.3) is 50.1 Å². The number of benzene rings is 4. The molecule has 0 saturated heterocycles. The summed E-state index contributed by atoms with van der Waals surface area (Å²) in [6.45, 7) is 2.01. The van der Waals surface area contributed by atoms with Crippen LogP contribution in [0.15, 0.2) is 108 Å². The summed E-state index contributed by atoms with van der Waals surface area (Å²) in [5, 5.41) is 11.8. The summed E-state index contributed by atoms with van der Waals surface area (Å²) >= 11 is 1.34. The van der Waals surface area contributed by atoms with Crippen molar-refractivity contribution >= 4 is 33.1 Å². The van der Waals surface area contributed by atoms with E-state index in [9.17, 15) is 4.79 Å². The molecular weight excluding hydrogens is 490 g/mol. The molecular formula is C31H21N5OS. The Morgan fingerprint density at radius 3 is 2.39 bits per heavy atom. The van der Waals surface area contributed by atoms with Crippen LogP contribution in [0, 0.1) is 6.92 Å². The van der Waals surface area contributed by atoms with Gasteiger partial charge in [0.2, 0.25) is 4.96 Å². The zero-order chi connectivity index (χ0) is 25.6. The molecule has 0 N–H and O–H groups in total. The van der Waals surface area contributed by atoms with Gasteiger partial charge in [0.25, 0.3) is 5.56 Å². The van der Waals surface area contributed by atoms with Gasteiger partial charge in [0.1, 0.15) is 5.69 Å². The third-order valence-electron chi connectivity index (χ3n) is 6.64. The molecule has 0 fully saturated rings. The third kappa shape index (κ3) is 3.81. The summed E-state index contributed by atoms with van der Waals surface area (Å²) in [5.41, 5.74) is 5.40. The Morgan fingerprint density at radius 1 is 0.816 bits per heavy atom. The van der Waals surface area contributed by atoms with Crippen LogP contribution >= 0.6 is 11.3 Å². The number of para-hydroxylation sites is 1. The van der Waals surface area contributed by atoms with Crippen molar-refractivity contribution in [1.29, 1.82) is 0 Å². The zero-order valence-electron chi connectivity index (χ0n) is 20.4. The smallest absolute Gasteiger partial charge is 0.266 e. The monoisotopic (exact) mass is 511 g/mol. The molecule has 0 atom stereocenters. The molecule has 0 saturated carbocycles. The van der Waals surface area contributed by atoms with Gasteiger partial charge in [-0.2, -0.15) is 14.6 Å². The predicted molar refractivity (Wildman–Crippen MR) is 153 cm³/mol. The van der Waals surface area contributed by atoms with E-state index < -0.39 is 0 Å². The SMILES string of the molecule is Cc1ccccc1-c1nc2sc(=Cc3cn(-c4ccccc4)nc3-c3ccc4ccccc4c3)c(=O)n2n1. The summed E-state index contributed by atoms with van der Waals surface area (Å²) in [4.78, 5) is 18.6. The molecule has 3 heterocycles. The minimum absolute atomic E-state index is 0.186. The molecule has 0 bridgehead atoms. The van der Waals surface area contributed by atoms with E-state index >= 15 is 0 Å². The molecule has 0 unspecified atom stereocenters. The van der Waals surface area contributed by atoms with Crippen molar-refractivity contribution in [1.82, 2.24) is 24.4 Å². The minimum Gasteiger partial charge on any atom is -0.266 e. The Bertz CT molecular complexity index is 2070. The fourth-order valence-corrected chi connectivity index (χ4v) is 5.58. The fraction of sp³-hybridized carbons (Fsp3) is 0.0323. The van der Waals surface area contributed by atoms with Crippen LogP contribution in [0.5, 0.6) is 0 Å². The first-order chi connectivity index (χ1) is 18.6. The Labute approximate surface area is 221 Å². The lowest BCUT2D eigenvalue weighted by Gasteiger charge is -2.03. The second-order valence-electron chi connectivity index (χ2n) is 9.14.